The van der Waals surface area contributed by atoms with Crippen molar-refractivity contribution in [3.63, 3.8) is 0 Å². The molecule has 4 rings (SSSR count). The van der Waals surface area contributed by atoms with E-state index in [2.05, 4.69) is 4.98 Å². The highest BCUT2D eigenvalue weighted by atomic mass is 35.5. The van der Waals surface area contributed by atoms with Crippen LogP contribution in [0.2, 0.25) is 9.49 Å². The summed E-state index contributed by atoms with van der Waals surface area (Å²) >= 11 is 13.5. The molecular formula is C13H7Cl2NOS. The van der Waals surface area contributed by atoms with Gasteiger partial charge in [0.1, 0.15) is 11.3 Å². The summed E-state index contributed by atoms with van der Waals surface area (Å²) in [4.78, 5) is 5.51. The SMILES string of the molecule is Clc1ccc2c3c(oc2c1)CCc1nc(Cl)sc1-3. The summed E-state index contributed by atoms with van der Waals surface area (Å²) < 4.78 is 6.48. The van der Waals surface area contributed by atoms with Gasteiger partial charge in [-0.05, 0) is 18.6 Å². The van der Waals surface area contributed by atoms with Gasteiger partial charge in [0.15, 0.2) is 4.47 Å². The van der Waals surface area contributed by atoms with Crippen LogP contribution < -0.4 is 0 Å². The van der Waals surface area contributed by atoms with E-state index in [1.165, 1.54) is 11.3 Å². The van der Waals surface area contributed by atoms with Gasteiger partial charge in [-0.3, -0.25) is 0 Å². The van der Waals surface area contributed by atoms with Crippen LogP contribution in [0.1, 0.15) is 11.5 Å². The van der Waals surface area contributed by atoms with E-state index in [1.54, 1.807) is 0 Å². The van der Waals surface area contributed by atoms with Crippen molar-refractivity contribution in [3.05, 3.63) is 39.1 Å². The molecule has 5 heteroatoms. The maximum atomic E-state index is 6.02. The first-order valence-electron chi connectivity index (χ1n) is 5.59. The molecule has 0 unspecified atom stereocenters. The van der Waals surface area contributed by atoms with Crippen molar-refractivity contribution in [2.24, 2.45) is 0 Å². The molecule has 0 bridgehead atoms. The van der Waals surface area contributed by atoms with E-state index in [0.717, 1.165) is 45.7 Å². The van der Waals surface area contributed by atoms with Crippen molar-refractivity contribution >= 4 is 45.5 Å². The molecule has 2 heterocycles. The number of aryl methyl sites for hydroxylation is 2. The van der Waals surface area contributed by atoms with Crippen LogP contribution in [-0.4, -0.2) is 4.98 Å². The normalized spacial score (nSPS) is 13.7. The average Bonchev–Trinajstić information content (AvgIpc) is 2.86. The Balaban J connectivity index is 2.10. The largest absolute Gasteiger partial charge is 0.460 e. The quantitative estimate of drug-likeness (QED) is 0.586. The highest BCUT2D eigenvalue weighted by Gasteiger charge is 2.26. The second-order valence-electron chi connectivity index (χ2n) is 4.28. The third kappa shape index (κ3) is 1.44. The molecule has 1 aromatic carbocycles. The Kier molecular flexibility index (Phi) is 2.25. The molecule has 0 amide bonds. The number of rotatable bonds is 0. The van der Waals surface area contributed by atoms with Crippen LogP contribution in [0.3, 0.4) is 0 Å². The van der Waals surface area contributed by atoms with Crippen molar-refractivity contribution in [2.45, 2.75) is 12.8 Å². The molecule has 0 aliphatic heterocycles. The molecule has 0 atom stereocenters. The Hall–Kier alpha value is -1.03. The number of hydrogen-bond donors (Lipinski definition) is 0. The van der Waals surface area contributed by atoms with E-state index < -0.39 is 0 Å². The molecular weight excluding hydrogens is 289 g/mol. The van der Waals surface area contributed by atoms with Gasteiger partial charge in [0.05, 0.1) is 10.6 Å². The highest BCUT2D eigenvalue weighted by Crippen LogP contribution is 2.44. The van der Waals surface area contributed by atoms with Crippen LogP contribution >= 0.6 is 34.5 Å². The maximum Gasteiger partial charge on any atom is 0.184 e. The molecule has 0 spiro atoms. The number of hydrogen-bond acceptors (Lipinski definition) is 3. The first-order valence-corrected chi connectivity index (χ1v) is 7.16. The molecule has 0 N–H and O–H groups in total. The minimum absolute atomic E-state index is 0.594. The predicted molar refractivity (Wildman–Crippen MR) is 74.8 cm³/mol. The number of furan rings is 1. The summed E-state index contributed by atoms with van der Waals surface area (Å²) in [5.74, 6) is 1.01. The summed E-state index contributed by atoms with van der Waals surface area (Å²) in [7, 11) is 0. The summed E-state index contributed by atoms with van der Waals surface area (Å²) in [5, 5.41) is 1.78. The predicted octanol–water partition coefficient (Wildman–Crippen LogP) is 4.96. The van der Waals surface area contributed by atoms with Crippen molar-refractivity contribution in [1.82, 2.24) is 4.98 Å². The van der Waals surface area contributed by atoms with Gasteiger partial charge in [0.25, 0.3) is 0 Å². The first-order chi connectivity index (χ1) is 8.72. The molecule has 0 radical (unpaired) electrons. The molecule has 2 aromatic heterocycles. The van der Waals surface area contributed by atoms with Crippen molar-refractivity contribution in [3.8, 4) is 10.4 Å². The number of fused-ring (bicyclic) bond motifs is 5. The van der Waals surface area contributed by atoms with Gasteiger partial charge in [0, 0.05) is 28.5 Å². The Labute approximate surface area is 117 Å². The fourth-order valence-electron chi connectivity index (χ4n) is 2.47. The minimum atomic E-state index is 0.594. The van der Waals surface area contributed by atoms with Gasteiger partial charge in [0.2, 0.25) is 0 Å². The van der Waals surface area contributed by atoms with E-state index in [1.807, 2.05) is 18.2 Å². The molecule has 3 aromatic rings. The van der Waals surface area contributed by atoms with Crippen LogP contribution in [0.5, 0.6) is 0 Å². The van der Waals surface area contributed by atoms with Gasteiger partial charge in [-0.25, -0.2) is 4.98 Å². The zero-order valence-electron chi connectivity index (χ0n) is 9.17. The van der Waals surface area contributed by atoms with E-state index in [9.17, 15) is 0 Å². The van der Waals surface area contributed by atoms with Crippen LogP contribution in [0.25, 0.3) is 21.4 Å². The Bertz CT molecular complexity index is 775. The number of aromatic nitrogens is 1. The second-order valence-corrected chi connectivity index (χ2v) is 6.30. The average molecular weight is 296 g/mol. The zero-order chi connectivity index (χ0) is 12.3. The lowest BCUT2D eigenvalue weighted by atomic mass is 9.98. The Morgan fingerprint density at radius 1 is 1.22 bits per heavy atom. The maximum absolute atomic E-state index is 6.02. The van der Waals surface area contributed by atoms with Crippen molar-refractivity contribution in [1.29, 1.82) is 0 Å². The van der Waals surface area contributed by atoms with E-state index in [0.29, 0.717) is 9.49 Å². The summed E-state index contributed by atoms with van der Waals surface area (Å²) in [6.45, 7) is 0. The molecule has 90 valence electrons. The summed E-state index contributed by atoms with van der Waals surface area (Å²) in [5.41, 5.74) is 3.06. The van der Waals surface area contributed by atoms with E-state index in [-0.39, 0.29) is 0 Å². The van der Waals surface area contributed by atoms with Crippen molar-refractivity contribution in [2.75, 3.05) is 0 Å². The van der Waals surface area contributed by atoms with Gasteiger partial charge in [-0.2, -0.15) is 0 Å². The van der Waals surface area contributed by atoms with Crippen LogP contribution in [-0.2, 0) is 12.8 Å². The van der Waals surface area contributed by atoms with E-state index in [4.69, 9.17) is 27.6 Å². The van der Waals surface area contributed by atoms with Crippen LogP contribution in [0.15, 0.2) is 22.6 Å². The molecule has 1 aliphatic carbocycles. The molecule has 18 heavy (non-hydrogen) atoms. The number of halogens is 2. The van der Waals surface area contributed by atoms with Gasteiger partial charge in [-0.1, -0.05) is 23.2 Å². The summed E-state index contributed by atoms with van der Waals surface area (Å²) in [6, 6.07) is 5.75. The van der Waals surface area contributed by atoms with E-state index >= 15 is 0 Å². The third-order valence-corrected chi connectivity index (χ3v) is 4.67. The second kappa shape index (κ2) is 3.73. The third-order valence-electron chi connectivity index (χ3n) is 3.21. The Morgan fingerprint density at radius 2 is 2.11 bits per heavy atom. The number of benzene rings is 1. The molecule has 0 saturated heterocycles. The molecule has 0 fully saturated rings. The minimum Gasteiger partial charge on any atom is -0.460 e. The van der Waals surface area contributed by atoms with Crippen molar-refractivity contribution < 1.29 is 4.42 Å². The van der Waals surface area contributed by atoms with Gasteiger partial charge < -0.3 is 4.42 Å². The first kappa shape index (κ1) is 10.9. The lowest BCUT2D eigenvalue weighted by Crippen LogP contribution is -1.99. The standard InChI is InChI=1S/C13H7Cl2NOS/c14-6-1-2-7-10(5-6)17-9-4-3-8-12(11(7)9)18-13(15)16-8/h1-2,5H,3-4H2. The number of nitrogens with zero attached hydrogens (tertiary/aromatic N) is 1. The topological polar surface area (TPSA) is 26.0 Å². The molecule has 2 nitrogen and oxygen atoms in total. The van der Waals surface area contributed by atoms with Gasteiger partial charge in [-0.15, -0.1) is 11.3 Å². The molecule has 0 saturated carbocycles. The monoisotopic (exact) mass is 295 g/mol. The fraction of sp³-hybridized carbons (Fsp3) is 0.154. The fourth-order valence-corrected chi connectivity index (χ4v) is 3.88. The lowest BCUT2D eigenvalue weighted by Gasteiger charge is -2.08. The van der Waals surface area contributed by atoms with Crippen LogP contribution in [0, 0.1) is 0 Å². The molecule has 1 aliphatic rings. The lowest BCUT2D eigenvalue weighted by molar-refractivity contribution is 0.545. The zero-order valence-corrected chi connectivity index (χ0v) is 11.5. The summed E-state index contributed by atoms with van der Waals surface area (Å²) in [6.07, 6.45) is 1.76. The Morgan fingerprint density at radius 3 is 3.00 bits per heavy atom. The number of thiazole rings is 1. The highest BCUT2D eigenvalue weighted by molar-refractivity contribution is 7.19. The van der Waals surface area contributed by atoms with Crippen LogP contribution in [0.4, 0.5) is 0 Å². The smallest absolute Gasteiger partial charge is 0.184 e. The van der Waals surface area contributed by atoms with Gasteiger partial charge >= 0.3 is 0 Å².